The molecule has 0 saturated heterocycles. The van der Waals surface area contributed by atoms with Crippen molar-refractivity contribution in [2.24, 2.45) is 28.1 Å². The Kier molecular flexibility index (Phi) is 1.96. The van der Waals surface area contributed by atoms with E-state index in [2.05, 4.69) is 40.9 Å². The van der Waals surface area contributed by atoms with E-state index < -0.39 is 6.03 Å². The number of nitrogens with one attached hydrogen (secondary N) is 1. The second-order valence-electron chi connectivity index (χ2n) is 5.94. The maximum absolute atomic E-state index is 10.7. The first-order valence-electron chi connectivity index (χ1n) is 6.90. The maximum Gasteiger partial charge on any atom is 0.332 e. The number of carbonyl (C=O) groups is 1. The van der Waals surface area contributed by atoms with Gasteiger partial charge >= 0.3 is 6.03 Å². The molecule has 3 saturated carbocycles. The van der Waals surface area contributed by atoms with Gasteiger partial charge in [0, 0.05) is 17.0 Å². The minimum atomic E-state index is -0.593. The highest BCUT2D eigenvalue weighted by Crippen LogP contribution is 2.96. The van der Waals surface area contributed by atoms with E-state index in [-0.39, 0.29) is 5.41 Å². The van der Waals surface area contributed by atoms with Gasteiger partial charge in [0.05, 0.1) is 0 Å². The first-order chi connectivity index (χ1) is 9.24. The van der Waals surface area contributed by atoms with Crippen LogP contribution in [0.2, 0.25) is 0 Å². The van der Waals surface area contributed by atoms with E-state index in [1.54, 1.807) is 0 Å². The van der Waals surface area contributed by atoms with Crippen LogP contribution in [0.1, 0.15) is 24.8 Å². The minimum Gasteiger partial charge on any atom is -0.350 e. The lowest BCUT2D eigenvalue weighted by Crippen LogP contribution is -2.26. The van der Waals surface area contributed by atoms with Crippen LogP contribution in [0.15, 0.2) is 35.4 Å². The number of urea groups is 1. The van der Waals surface area contributed by atoms with Gasteiger partial charge in [0.2, 0.25) is 0 Å². The summed E-state index contributed by atoms with van der Waals surface area (Å²) in [5, 5.41) is 4.05. The van der Waals surface area contributed by atoms with Gasteiger partial charge in [-0.2, -0.15) is 5.10 Å². The number of fused-ring (bicyclic) bond motifs is 2. The molecule has 0 aromatic heterocycles. The number of rotatable bonds is 3. The molecule has 0 bridgehead atoms. The lowest BCUT2D eigenvalue weighted by Gasteiger charge is -2.27. The van der Waals surface area contributed by atoms with E-state index in [4.69, 9.17) is 5.73 Å². The number of hydrogen-bond acceptors (Lipinski definition) is 2. The summed E-state index contributed by atoms with van der Waals surface area (Å²) in [5.74, 6) is 1.42. The largest absolute Gasteiger partial charge is 0.350 e. The molecule has 0 aliphatic heterocycles. The van der Waals surface area contributed by atoms with Crippen LogP contribution in [0.5, 0.6) is 0 Å². The molecule has 19 heavy (non-hydrogen) atoms. The highest BCUT2D eigenvalue weighted by atomic mass is 16.2. The van der Waals surface area contributed by atoms with E-state index in [0.717, 1.165) is 0 Å². The van der Waals surface area contributed by atoms with Crippen molar-refractivity contribution in [2.75, 3.05) is 0 Å². The van der Waals surface area contributed by atoms with E-state index in [1.807, 2.05) is 6.21 Å². The quantitative estimate of drug-likeness (QED) is 0.629. The zero-order valence-electron chi connectivity index (χ0n) is 10.7. The molecule has 2 unspecified atom stereocenters. The number of carbonyl (C=O) groups excluding carboxylic acids is 1. The van der Waals surface area contributed by atoms with Crippen LogP contribution >= 0.6 is 0 Å². The van der Waals surface area contributed by atoms with E-state index in [9.17, 15) is 4.79 Å². The highest BCUT2D eigenvalue weighted by Gasteiger charge is 2.97. The maximum atomic E-state index is 10.7. The standard InChI is InChI=1S/C15H17N3O/c16-13(19)18-17-9-14-11-7-4-8-12(14)15(11,14)10-5-2-1-3-6-10/h1-3,5-6,9,11-12H,4,7-8H2,(H3,16,18,19). The normalized spacial score (nSPS) is 41.7. The topological polar surface area (TPSA) is 67.5 Å². The predicted octanol–water partition coefficient (Wildman–Crippen LogP) is 2.01. The molecule has 4 nitrogen and oxygen atoms in total. The molecular weight excluding hydrogens is 238 g/mol. The van der Waals surface area contributed by atoms with Crippen molar-refractivity contribution < 1.29 is 4.79 Å². The lowest BCUT2D eigenvalue weighted by molar-refractivity contribution is 0.249. The molecule has 3 aliphatic rings. The van der Waals surface area contributed by atoms with Crippen LogP contribution < -0.4 is 11.2 Å². The van der Waals surface area contributed by atoms with Crippen molar-refractivity contribution in [1.29, 1.82) is 0 Å². The average Bonchev–Trinajstić information content (AvgIpc) is 3.26. The highest BCUT2D eigenvalue weighted by molar-refractivity contribution is 5.87. The molecule has 3 fully saturated rings. The van der Waals surface area contributed by atoms with Gasteiger partial charge in [0.15, 0.2) is 0 Å². The van der Waals surface area contributed by atoms with Crippen molar-refractivity contribution in [3.05, 3.63) is 35.9 Å². The summed E-state index contributed by atoms with van der Waals surface area (Å²) in [6.45, 7) is 0. The molecule has 2 atom stereocenters. The van der Waals surface area contributed by atoms with Gasteiger partial charge in [-0.25, -0.2) is 10.2 Å². The second kappa shape index (κ2) is 3.38. The Labute approximate surface area is 112 Å². The Morgan fingerprint density at radius 1 is 1.32 bits per heavy atom. The summed E-state index contributed by atoms with van der Waals surface area (Å²) in [4.78, 5) is 10.7. The Balaban J connectivity index is 1.65. The summed E-state index contributed by atoms with van der Waals surface area (Å²) in [7, 11) is 0. The molecule has 0 spiro atoms. The number of primary amides is 1. The van der Waals surface area contributed by atoms with Crippen molar-refractivity contribution in [3.63, 3.8) is 0 Å². The third kappa shape index (κ3) is 1.10. The molecule has 0 heterocycles. The monoisotopic (exact) mass is 255 g/mol. The number of nitrogens with two attached hydrogens (primary N) is 1. The number of hydrazone groups is 1. The van der Waals surface area contributed by atoms with Gasteiger partial charge in [-0.05, 0) is 30.2 Å². The lowest BCUT2D eigenvalue weighted by atomic mass is 9.77. The molecule has 4 heteroatoms. The zero-order valence-corrected chi connectivity index (χ0v) is 10.7. The Morgan fingerprint density at radius 2 is 2.00 bits per heavy atom. The first-order valence-corrected chi connectivity index (χ1v) is 6.90. The van der Waals surface area contributed by atoms with Gasteiger partial charge in [0.25, 0.3) is 0 Å². The summed E-state index contributed by atoms with van der Waals surface area (Å²) < 4.78 is 0. The number of nitrogens with zero attached hydrogens (tertiary/aromatic N) is 1. The van der Waals surface area contributed by atoms with Crippen LogP contribution in [-0.4, -0.2) is 12.2 Å². The van der Waals surface area contributed by atoms with Gasteiger partial charge in [-0.1, -0.05) is 36.8 Å². The van der Waals surface area contributed by atoms with Crippen LogP contribution in [0.25, 0.3) is 0 Å². The second-order valence-corrected chi connectivity index (χ2v) is 5.94. The van der Waals surface area contributed by atoms with Gasteiger partial charge in [0.1, 0.15) is 0 Å². The third-order valence-electron chi connectivity index (χ3n) is 5.49. The molecule has 4 rings (SSSR count). The van der Waals surface area contributed by atoms with Crippen LogP contribution in [0, 0.1) is 17.3 Å². The SMILES string of the molecule is NC(=O)NN=CC12C3CCCC1C32c1ccccc1. The van der Waals surface area contributed by atoms with Crippen molar-refractivity contribution in [2.45, 2.75) is 24.7 Å². The Bertz CT molecular complexity index is 554. The van der Waals surface area contributed by atoms with Crippen molar-refractivity contribution in [1.82, 2.24) is 5.43 Å². The van der Waals surface area contributed by atoms with Gasteiger partial charge < -0.3 is 5.73 Å². The number of amides is 2. The molecule has 1 aromatic rings. The van der Waals surface area contributed by atoms with Crippen LogP contribution in [0.4, 0.5) is 4.79 Å². The molecular formula is C15H17N3O. The molecule has 1 aromatic carbocycles. The summed E-state index contributed by atoms with van der Waals surface area (Å²) in [6.07, 6.45) is 5.82. The molecule has 98 valence electrons. The minimum absolute atomic E-state index is 0.203. The summed E-state index contributed by atoms with van der Waals surface area (Å²) in [5.41, 5.74) is 9.35. The number of benzene rings is 1. The van der Waals surface area contributed by atoms with Crippen LogP contribution in [0.3, 0.4) is 0 Å². The summed E-state index contributed by atoms with van der Waals surface area (Å²) >= 11 is 0. The first kappa shape index (κ1) is 11.0. The number of hydrogen-bond donors (Lipinski definition) is 2. The van der Waals surface area contributed by atoms with E-state index in [0.29, 0.717) is 17.3 Å². The predicted molar refractivity (Wildman–Crippen MR) is 72.6 cm³/mol. The molecule has 0 radical (unpaired) electrons. The molecule has 3 N–H and O–H groups in total. The average molecular weight is 255 g/mol. The fraction of sp³-hybridized carbons (Fsp3) is 0.467. The molecule has 3 aliphatic carbocycles. The molecule has 2 amide bonds. The van der Waals surface area contributed by atoms with E-state index in [1.165, 1.54) is 24.8 Å². The van der Waals surface area contributed by atoms with E-state index >= 15 is 0 Å². The fourth-order valence-corrected chi connectivity index (χ4v) is 4.96. The third-order valence-corrected chi connectivity index (χ3v) is 5.49. The van der Waals surface area contributed by atoms with Gasteiger partial charge in [-0.3, -0.25) is 0 Å². The van der Waals surface area contributed by atoms with Crippen molar-refractivity contribution in [3.8, 4) is 0 Å². The van der Waals surface area contributed by atoms with Crippen LogP contribution in [-0.2, 0) is 5.41 Å². The Hall–Kier alpha value is -1.84. The smallest absolute Gasteiger partial charge is 0.332 e. The summed E-state index contributed by atoms with van der Waals surface area (Å²) in [6, 6.07) is 10.2. The Morgan fingerprint density at radius 3 is 2.63 bits per heavy atom. The van der Waals surface area contributed by atoms with Crippen molar-refractivity contribution >= 4 is 12.2 Å². The fourth-order valence-electron chi connectivity index (χ4n) is 4.96. The zero-order chi connectivity index (χ0) is 13.1. The van der Waals surface area contributed by atoms with Gasteiger partial charge in [-0.15, -0.1) is 0 Å².